The molecule has 5 nitrogen and oxygen atoms in total. The summed E-state index contributed by atoms with van der Waals surface area (Å²) >= 11 is 0. The summed E-state index contributed by atoms with van der Waals surface area (Å²) in [4.78, 5) is 6.37. The quantitative estimate of drug-likeness (QED) is 0.386. The van der Waals surface area contributed by atoms with Crippen LogP contribution in [0.4, 0.5) is 0 Å². The zero-order valence-electron chi connectivity index (χ0n) is 15.9. The number of nitrogens with zero attached hydrogens (tertiary/aromatic N) is 5. The highest BCUT2D eigenvalue weighted by atomic mass is 15.6. The first-order chi connectivity index (χ1) is 13.9. The number of rotatable bonds is 6. The average molecular weight is 369 g/mol. The Hall–Kier alpha value is -3.47. The Kier molecular flexibility index (Phi) is 5.43. The Morgan fingerprint density at radius 2 is 1.57 bits per heavy atom. The monoisotopic (exact) mass is 369 g/mol. The smallest absolute Gasteiger partial charge is 0.261 e. The summed E-state index contributed by atoms with van der Waals surface area (Å²) in [6, 6.07) is 28.5. The summed E-state index contributed by atoms with van der Waals surface area (Å²) in [6.45, 7) is 2.90. The van der Waals surface area contributed by atoms with Gasteiger partial charge in [-0.25, -0.2) is 0 Å². The molecule has 1 aromatic heterocycles. The van der Waals surface area contributed by atoms with Gasteiger partial charge in [-0.05, 0) is 36.7 Å². The van der Waals surface area contributed by atoms with Crippen molar-refractivity contribution in [2.45, 2.75) is 19.8 Å². The van der Waals surface area contributed by atoms with Gasteiger partial charge in [0.15, 0.2) is 11.4 Å². The standard InChI is InChI=1S/C23H23N5/c1-2-3-18-24-23-25-28(20-14-8-5-9-15-20)26-27(23)22-17-11-10-16-21(22)19-12-6-4-7-13-19/h4-17H,2-3,18H2,1H3. The minimum absolute atomic E-state index is 0.612. The lowest BCUT2D eigenvalue weighted by Gasteiger charge is -2.06. The second-order valence-corrected chi connectivity index (χ2v) is 6.54. The molecule has 140 valence electrons. The average Bonchev–Trinajstić information content (AvgIpc) is 3.19. The molecule has 0 fully saturated rings. The van der Waals surface area contributed by atoms with E-state index in [1.807, 2.05) is 65.3 Å². The minimum atomic E-state index is 0.612. The fourth-order valence-corrected chi connectivity index (χ4v) is 3.05. The fourth-order valence-electron chi connectivity index (χ4n) is 3.05. The summed E-state index contributed by atoms with van der Waals surface area (Å²) in [6.07, 6.45) is 2.12. The van der Waals surface area contributed by atoms with Gasteiger partial charge < -0.3 is 4.99 Å². The minimum Gasteiger partial charge on any atom is -0.323 e. The lowest BCUT2D eigenvalue weighted by Crippen LogP contribution is -2.40. The van der Waals surface area contributed by atoms with Gasteiger partial charge in [0, 0.05) is 10.8 Å². The van der Waals surface area contributed by atoms with Crippen molar-refractivity contribution in [1.82, 2.24) is 15.0 Å². The summed E-state index contributed by atoms with van der Waals surface area (Å²) in [5.74, 6) is 0. The van der Waals surface area contributed by atoms with Gasteiger partial charge >= 0.3 is 0 Å². The molecule has 0 amide bonds. The molecule has 4 rings (SSSR count). The van der Waals surface area contributed by atoms with Gasteiger partial charge in [-0.3, -0.25) is 0 Å². The lowest BCUT2D eigenvalue weighted by atomic mass is 10.0. The van der Waals surface area contributed by atoms with E-state index in [2.05, 4.69) is 36.3 Å². The maximum atomic E-state index is 4.74. The molecule has 1 heterocycles. The molecule has 4 aromatic rings. The Morgan fingerprint density at radius 3 is 2.32 bits per heavy atom. The van der Waals surface area contributed by atoms with Crippen LogP contribution in [0.5, 0.6) is 0 Å². The first kappa shape index (κ1) is 17.9. The largest absolute Gasteiger partial charge is 0.323 e. The number of tetrazole rings is 1. The third-order valence-corrected chi connectivity index (χ3v) is 4.52. The maximum Gasteiger partial charge on any atom is 0.261 e. The summed E-state index contributed by atoms with van der Waals surface area (Å²) in [5, 5.41) is 9.41. The molecule has 0 bridgehead atoms. The molecule has 0 atom stereocenters. The Balaban J connectivity index is 1.88. The van der Waals surface area contributed by atoms with Gasteiger partial charge in [0.1, 0.15) is 0 Å². The number of hydrogen-bond acceptors (Lipinski definition) is 2. The number of hydrogen-bond donors (Lipinski definition) is 0. The zero-order valence-corrected chi connectivity index (χ0v) is 15.9. The van der Waals surface area contributed by atoms with Gasteiger partial charge in [0.05, 0.1) is 0 Å². The second kappa shape index (κ2) is 8.48. The third-order valence-electron chi connectivity index (χ3n) is 4.52. The zero-order chi connectivity index (χ0) is 19.2. The molecule has 3 aromatic carbocycles. The molecular formula is C23H23N5. The second-order valence-electron chi connectivity index (χ2n) is 6.54. The van der Waals surface area contributed by atoms with Crippen LogP contribution in [0.15, 0.2) is 89.9 Å². The van der Waals surface area contributed by atoms with Crippen LogP contribution in [0.25, 0.3) is 22.5 Å². The molecule has 5 heteroatoms. The molecule has 0 aliphatic carbocycles. The van der Waals surface area contributed by atoms with E-state index >= 15 is 0 Å². The predicted octanol–water partition coefficient (Wildman–Crippen LogP) is 3.47. The molecule has 0 N–H and O–H groups in total. The number of aromatic nitrogens is 4. The molecule has 0 aliphatic heterocycles. The van der Waals surface area contributed by atoms with Gasteiger partial charge in [-0.15, -0.1) is 9.78 Å². The van der Waals surface area contributed by atoms with Crippen molar-refractivity contribution in [1.29, 1.82) is 0 Å². The van der Waals surface area contributed by atoms with E-state index < -0.39 is 0 Å². The predicted molar refractivity (Wildman–Crippen MR) is 109 cm³/mol. The third kappa shape index (κ3) is 3.78. The van der Waals surface area contributed by atoms with Crippen LogP contribution in [0.3, 0.4) is 0 Å². The van der Waals surface area contributed by atoms with E-state index in [4.69, 9.17) is 10.2 Å². The van der Waals surface area contributed by atoms with Crippen molar-refractivity contribution in [3.05, 3.63) is 90.5 Å². The molecule has 0 unspecified atom stereocenters. The van der Waals surface area contributed by atoms with Gasteiger partial charge in [-0.1, -0.05) is 84.9 Å². The first-order valence-corrected chi connectivity index (χ1v) is 9.64. The summed E-state index contributed by atoms with van der Waals surface area (Å²) in [5.41, 5.74) is 4.72. The fraction of sp³-hybridized carbons (Fsp3) is 0.174. The van der Waals surface area contributed by atoms with Crippen molar-refractivity contribution in [2.75, 3.05) is 6.54 Å². The highest BCUT2D eigenvalue weighted by molar-refractivity contribution is 5.72. The highest BCUT2D eigenvalue weighted by Gasteiger charge is 2.15. The molecule has 0 aliphatic rings. The lowest BCUT2D eigenvalue weighted by molar-refractivity contribution is -0.723. The SMILES string of the molecule is CCCCN=c1[n-][n+](-c2ccccc2)nn1-c1ccccc1-c1ccccc1. The normalized spacial score (nSPS) is 11.7. The molecular weight excluding hydrogens is 346 g/mol. The van der Waals surface area contributed by atoms with Crippen LogP contribution >= 0.6 is 0 Å². The number of unbranched alkanes of at least 4 members (excludes halogenated alkanes) is 1. The van der Waals surface area contributed by atoms with Crippen molar-refractivity contribution in [3.8, 4) is 22.5 Å². The van der Waals surface area contributed by atoms with Crippen molar-refractivity contribution >= 4 is 0 Å². The topological polar surface area (TPSA) is 48.2 Å². The van der Waals surface area contributed by atoms with Crippen LogP contribution in [-0.4, -0.2) is 16.4 Å². The molecule has 0 saturated heterocycles. The van der Waals surface area contributed by atoms with E-state index in [0.29, 0.717) is 5.62 Å². The van der Waals surface area contributed by atoms with E-state index in [1.54, 1.807) is 4.80 Å². The van der Waals surface area contributed by atoms with Crippen LogP contribution < -0.4 is 15.5 Å². The van der Waals surface area contributed by atoms with Crippen molar-refractivity contribution in [2.24, 2.45) is 4.99 Å². The van der Waals surface area contributed by atoms with Gasteiger partial charge in [0.25, 0.3) is 5.62 Å². The van der Waals surface area contributed by atoms with Gasteiger partial charge in [0.2, 0.25) is 0 Å². The number of para-hydroxylation sites is 2. The number of benzene rings is 3. The van der Waals surface area contributed by atoms with Crippen LogP contribution in [-0.2, 0) is 0 Å². The maximum absolute atomic E-state index is 4.74. The molecule has 0 saturated carbocycles. The highest BCUT2D eigenvalue weighted by Crippen LogP contribution is 2.24. The van der Waals surface area contributed by atoms with Gasteiger partial charge in [-0.2, -0.15) is 0 Å². The molecule has 28 heavy (non-hydrogen) atoms. The van der Waals surface area contributed by atoms with E-state index in [0.717, 1.165) is 41.9 Å². The summed E-state index contributed by atoms with van der Waals surface area (Å²) < 4.78 is 1.84. The van der Waals surface area contributed by atoms with Crippen LogP contribution in [0.1, 0.15) is 19.8 Å². The Bertz CT molecular complexity index is 1090. The first-order valence-electron chi connectivity index (χ1n) is 9.64. The summed E-state index contributed by atoms with van der Waals surface area (Å²) in [7, 11) is 0. The molecule has 0 spiro atoms. The van der Waals surface area contributed by atoms with E-state index in [-0.39, 0.29) is 0 Å². The Labute approximate surface area is 164 Å². The molecule has 0 radical (unpaired) electrons. The van der Waals surface area contributed by atoms with E-state index in [9.17, 15) is 0 Å². The van der Waals surface area contributed by atoms with Crippen LogP contribution in [0.2, 0.25) is 0 Å². The van der Waals surface area contributed by atoms with Crippen LogP contribution in [0, 0.1) is 0 Å². The Morgan fingerprint density at radius 1 is 0.893 bits per heavy atom. The van der Waals surface area contributed by atoms with Crippen molar-refractivity contribution < 1.29 is 4.80 Å². The van der Waals surface area contributed by atoms with E-state index in [1.165, 1.54) is 0 Å². The van der Waals surface area contributed by atoms with Crippen molar-refractivity contribution in [3.63, 3.8) is 0 Å².